The molecule has 0 bridgehead atoms. The Morgan fingerprint density at radius 1 is 0.889 bits per heavy atom. The smallest absolute Gasteiger partial charge is 0.333 e. The fraction of sp³-hybridized carbons (Fsp3) is 0.118. The summed E-state index contributed by atoms with van der Waals surface area (Å²) >= 11 is 0. The molecule has 138 valence electrons. The van der Waals surface area contributed by atoms with E-state index >= 15 is 0 Å². The van der Waals surface area contributed by atoms with E-state index in [4.69, 9.17) is 4.74 Å². The molecule has 0 atom stereocenters. The molecule has 3 rings (SSSR count). The maximum Gasteiger partial charge on any atom is 0.333 e. The molecule has 10 nitrogen and oxygen atoms in total. The highest BCUT2D eigenvalue weighted by Gasteiger charge is 2.18. The standard InChI is InChI=1S/C17H14N4O6/c1-9-7-11(20-5-3-13(23)18-16(20)25)15(27-10(2)22)12(8-9)21-6-4-14(24)19-17(21)26/h3-8H,1-2H3,(H,18,23,25)(H,19,24,26). The van der Waals surface area contributed by atoms with Crippen molar-refractivity contribution in [2.75, 3.05) is 0 Å². The van der Waals surface area contributed by atoms with Gasteiger partial charge in [0.05, 0.1) is 11.4 Å². The summed E-state index contributed by atoms with van der Waals surface area (Å²) in [5.74, 6) is -0.771. The van der Waals surface area contributed by atoms with E-state index in [1.54, 1.807) is 19.1 Å². The van der Waals surface area contributed by atoms with E-state index in [-0.39, 0.29) is 17.1 Å². The Hall–Kier alpha value is -3.95. The fourth-order valence-corrected chi connectivity index (χ4v) is 2.56. The van der Waals surface area contributed by atoms with Crippen LogP contribution in [-0.4, -0.2) is 25.1 Å². The molecular formula is C17H14N4O6. The lowest BCUT2D eigenvalue weighted by Gasteiger charge is -2.17. The molecule has 0 amide bonds. The number of carbonyl (C=O) groups excluding carboxylic acids is 1. The van der Waals surface area contributed by atoms with Crippen molar-refractivity contribution in [3.05, 3.63) is 83.9 Å². The van der Waals surface area contributed by atoms with Crippen LogP contribution in [0.15, 0.2) is 55.8 Å². The molecule has 2 aromatic heterocycles. The van der Waals surface area contributed by atoms with E-state index in [1.807, 2.05) is 0 Å². The number of aromatic nitrogens is 4. The maximum atomic E-state index is 12.2. The van der Waals surface area contributed by atoms with Gasteiger partial charge in [-0.25, -0.2) is 9.59 Å². The number of esters is 1. The third-order valence-corrected chi connectivity index (χ3v) is 3.61. The molecule has 0 unspecified atom stereocenters. The second-order valence-electron chi connectivity index (χ2n) is 5.69. The van der Waals surface area contributed by atoms with E-state index in [2.05, 4.69) is 9.97 Å². The van der Waals surface area contributed by atoms with Crippen molar-refractivity contribution in [1.29, 1.82) is 0 Å². The Morgan fingerprint density at radius 2 is 1.33 bits per heavy atom. The number of carbonyl (C=O) groups is 1. The monoisotopic (exact) mass is 370 g/mol. The molecule has 0 aliphatic rings. The highest BCUT2D eigenvalue weighted by molar-refractivity contribution is 5.74. The lowest BCUT2D eigenvalue weighted by atomic mass is 10.1. The minimum atomic E-state index is -0.749. The topological polar surface area (TPSA) is 136 Å². The van der Waals surface area contributed by atoms with Gasteiger partial charge in [-0.15, -0.1) is 0 Å². The second kappa shape index (κ2) is 6.75. The molecule has 0 spiro atoms. The summed E-state index contributed by atoms with van der Waals surface area (Å²) in [6.07, 6.45) is 2.45. The Bertz CT molecular complexity index is 1190. The first kappa shape index (κ1) is 17.9. The average molecular weight is 370 g/mol. The molecule has 0 saturated carbocycles. The van der Waals surface area contributed by atoms with Gasteiger partial charge in [-0.2, -0.15) is 0 Å². The number of benzene rings is 1. The first-order chi connectivity index (χ1) is 12.8. The first-order valence-corrected chi connectivity index (χ1v) is 7.74. The molecule has 0 fully saturated rings. The van der Waals surface area contributed by atoms with E-state index < -0.39 is 28.5 Å². The van der Waals surface area contributed by atoms with Crippen LogP contribution in [0.25, 0.3) is 11.4 Å². The van der Waals surface area contributed by atoms with Crippen molar-refractivity contribution >= 4 is 5.97 Å². The van der Waals surface area contributed by atoms with Gasteiger partial charge in [-0.05, 0) is 24.6 Å². The predicted octanol–water partition coefficient (Wildman–Crippen LogP) is -0.401. The summed E-state index contributed by atoms with van der Waals surface area (Å²) in [5.41, 5.74) is -1.77. The Balaban J connectivity index is 2.41. The van der Waals surface area contributed by atoms with E-state index in [0.29, 0.717) is 5.56 Å². The highest BCUT2D eigenvalue weighted by Crippen LogP contribution is 2.31. The molecule has 10 heteroatoms. The number of aromatic amines is 2. The van der Waals surface area contributed by atoms with Crippen molar-refractivity contribution in [3.63, 3.8) is 0 Å². The minimum absolute atomic E-state index is 0.0867. The summed E-state index contributed by atoms with van der Waals surface area (Å²) in [6, 6.07) is 5.37. The number of rotatable bonds is 3. The molecule has 2 heterocycles. The summed E-state index contributed by atoms with van der Waals surface area (Å²) < 4.78 is 7.42. The third-order valence-electron chi connectivity index (χ3n) is 3.61. The average Bonchev–Trinajstić information content (AvgIpc) is 2.56. The zero-order valence-corrected chi connectivity index (χ0v) is 14.3. The van der Waals surface area contributed by atoms with E-state index in [9.17, 15) is 24.0 Å². The Morgan fingerprint density at radius 3 is 1.70 bits per heavy atom. The highest BCUT2D eigenvalue weighted by atomic mass is 16.5. The molecule has 27 heavy (non-hydrogen) atoms. The number of nitrogens with one attached hydrogen (secondary N) is 2. The van der Waals surface area contributed by atoms with Gasteiger partial charge in [0.15, 0.2) is 5.75 Å². The normalized spacial score (nSPS) is 10.6. The van der Waals surface area contributed by atoms with Crippen LogP contribution in [0.3, 0.4) is 0 Å². The van der Waals surface area contributed by atoms with Gasteiger partial charge >= 0.3 is 17.3 Å². The van der Waals surface area contributed by atoms with Gasteiger partial charge in [-0.1, -0.05) is 0 Å². The third kappa shape index (κ3) is 3.54. The van der Waals surface area contributed by atoms with Gasteiger partial charge in [0.2, 0.25) is 0 Å². The van der Waals surface area contributed by atoms with E-state index in [0.717, 1.165) is 21.3 Å². The minimum Gasteiger partial charge on any atom is -0.422 e. The molecule has 0 aliphatic carbocycles. The summed E-state index contributed by atoms with van der Waals surface area (Å²) in [6.45, 7) is 2.87. The van der Waals surface area contributed by atoms with Crippen LogP contribution in [0.5, 0.6) is 5.75 Å². The van der Waals surface area contributed by atoms with Gasteiger partial charge in [0.1, 0.15) is 0 Å². The summed E-state index contributed by atoms with van der Waals surface area (Å²) in [4.78, 5) is 62.9. The second-order valence-corrected chi connectivity index (χ2v) is 5.69. The number of aryl methyl sites for hydroxylation is 1. The number of nitrogens with zero attached hydrogens (tertiary/aromatic N) is 2. The summed E-state index contributed by atoms with van der Waals surface area (Å²) in [5, 5.41) is 0. The van der Waals surface area contributed by atoms with Crippen LogP contribution >= 0.6 is 0 Å². The molecular weight excluding hydrogens is 356 g/mol. The maximum absolute atomic E-state index is 12.2. The molecule has 0 saturated heterocycles. The van der Waals surface area contributed by atoms with Crippen molar-refractivity contribution in [3.8, 4) is 17.1 Å². The number of H-pyrrole nitrogens is 2. The largest absolute Gasteiger partial charge is 0.422 e. The zero-order valence-electron chi connectivity index (χ0n) is 14.3. The molecule has 0 aliphatic heterocycles. The molecule has 1 aromatic carbocycles. The Kier molecular flexibility index (Phi) is 4.46. The van der Waals surface area contributed by atoms with Crippen LogP contribution < -0.4 is 27.2 Å². The predicted molar refractivity (Wildman–Crippen MR) is 94.9 cm³/mol. The summed E-state index contributed by atoms with van der Waals surface area (Å²) in [7, 11) is 0. The van der Waals surface area contributed by atoms with Crippen molar-refractivity contribution in [2.45, 2.75) is 13.8 Å². The SMILES string of the molecule is CC(=O)Oc1c(-n2ccc(=O)[nH]c2=O)cc(C)cc1-n1ccc(=O)[nH]c1=O. The molecule has 0 radical (unpaired) electrons. The van der Waals surface area contributed by atoms with Gasteiger partial charge < -0.3 is 4.74 Å². The van der Waals surface area contributed by atoms with E-state index in [1.165, 1.54) is 19.3 Å². The number of ether oxygens (including phenoxy) is 1. The number of hydrogen-bond acceptors (Lipinski definition) is 6. The Labute approximate surface area is 150 Å². The zero-order chi connectivity index (χ0) is 19.7. The first-order valence-electron chi connectivity index (χ1n) is 7.74. The van der Waals surface area contributed by atoms with Crippen LogP contribution in [-0.2, 0) is 4.79 Å². The lowest BCUT2D eigenvalue weighted by molar-refractivity contribution is -0.131. The van der Waals surface area contributed by atoms with Crippen molar-refractivity contribution < 1.29 is 9.53 Å². The van der Waals surface area contributed by atoms with Gasteiger partial charge in [-0.3, -0.25) is 33.5 Å². The number of hydrogen-bond donors (Lipinski definition) is 2. The molecule has 3 aromatic rings. The van der Waals surface area contributed by atoms with Crippen molar-refractivity contribution in [2.24, 2.45) is 0 Å². The quantitative estimate of drug-likeness (QED) is 0.475. The van der Waals surface area contributed by atoms with Crippen LogP contribution in [0.4, 0.5) is 0 Å². The molecule has 2 N–H and O–H groups in total. The van der Waals surface area contributed by atoms with Crippen LogP contribution in [0.2, 0.25) is 0 Å². The van der Waals surface area contributed by atoms with Gasteiger partial charge in [0, 0.05) is 31.5 Å². The van der Waals surface area contributed by atoms with Crippen LogP contribution in [0.1, 0.15) is 12.5 Å². The lowest BCUT2D eigenvalue weighted by Crippen LogP contribution is -2.30. The van der Waals surface area contributed by atoms with Crippen molar-refractivity contribution in [1.82, 2.24) is 19.1 Å². The fourth-order valence-electron chi connectivity index (χ4n) is 2.56. The van der Waals surface area contributed by atoms with Gasteiger partial charge in [0.25, 0.3) is 11.1 Å². The van der Waals surface area contributed by atoms with Crippen LogP contribution in [0, 0.1) is 6.92 Å².